The fourth-order valence-electron chi connectivity index (χ4n) is 1.23. The van der Waals surface area contributed by atoms with E-state index in [2.05, 4.69) is 0 Å². The van der Waals surface area contributed by atoms with Gasteiger partial charge in [0.2, 0.25) is 0 Å². The van der Waals surface area contributed by atoms with Gasteiger partial charge in [-0.1, -0.05) is 6.92 Å². The van der Waals surface area contributed by atoms with Crippen LogP contribution in [0.1, 0.15) is 41.0 Å². The molecule has 0 aromatic carbocycles. The summed E-state index contributed by atoms with van der Waals surface area (Å²) >= 11 is 6.08. The largest absolute Gasteiger partial charge is 0.476 e. The normalized spacial score (nSPS) is 27.7. The van der Waals surface area contributed by atoms with Crippen LogP contribution >= 0.6 is 11.6 Å². The summed E-state index contributed by atoms with van der Waals surface area (Å²) in [5.41, 5.74) is -0.528. The highest BCUT2D eigenvalue weighted by Gasteiger charge is 2.53. The summed E-state index contributed by atoms with van der Waals surface area (Å²) in [6.45, 7) is 10.2. The van der Waals surface area contributed by atoms with Gasteiger partial charge in [-0.2, -0.15) is 0 Å². The second-order valence-electron chi connectivity index (χ2n) is 4.55. The summed E-state index contributed by atoms with van der Waals surface area (Å²) in [4.78, 5) is 0. The number of hydrogen-bond donors (Lipinski definition) is 0. The molecular formula is C9H18BClO2. The number of hydrogen-bond acceptors (Lipinski definition) is 2. The van der Waals surface area contributed by atoms with Crippen molar-refractivity contribution in [3.05, 3.63) is 0 Å². The minimum atomic E-state index is -0.267. The predicted molar refractivity (Wildman–Crippen MR) is 56.0 cm³/mol. The smallest absolute Gasteiger partial charge is 0.402 e. The Kier molecular flexibility index (Phi) is 3.01. The molecular weight excluding hydrogens is 186 g/mol. The lowest BCUT2D eigenvalue weighted by molar-refractivity contribution is 0.00578. The molecule has 4 heteroatoms. The van der Waals surface area contributed by atoms with Gasteiger partial charge in [-0.15, -0.1) is 11.6 Å². The quantitative estimate of drug-likeness (QED) is 0.509. The first-order valence-electron chi connectivity index (χ1n) is 4.80. The molecule has 0 amide bonds. The van der Waals surface area contributed by atoms with E-state index < -0.39 is 0 Å². The van der Waals surface area contributed by atoms with Crippen LogP contribution in [-0.2, 0) is 9.31 Å². The first kappa shape index (κ1) is 11.4. The zero-order chi connectivity index (χ0) is 10.3. The maximum absolute atomic E-state index is 6.08. The zero-order valence-electron chi connectivity index (χ0n) is 9.06. The van der Waals surface area contributed by atoms with Crippen molar-refractivity contribution in [2.75, 3.05) is 0 Å². The Morgan fingerprint density at radius 1 is 1.15 bits per heavy atom. The van der Waals surface area contributed by atoms with Gasteiger partial charge in [0.05, 0.1) is 16.5 Å². The Balaban J connectivity index is 2.70. The first-order valence-corrected chi connectivity index (χ1v) is 5.23. The molecule has 0 aliphatic carbocycles. The van der Waals surface area contributed by atoms with Crippen LogP contribution in [0.25, 0.3) is 0 Å². The van der Waals surface area contributed by atoms with E-state index in [-0.39, 0.29) is 23.6 Å². The van der Waals surface area contributed by atoms with E-state index >= 15 is 0 Å². The predicted octanol–water partition coefficient (Wildman–Crippen LogP) is 2.64. The molecule has 0 unspecified atom stereocenters. The molecule has 1 heterocycles. The van der Waals surface area contributed by atoms with Crippen molar-refractivity contribution >= 4 is 18.7 Å². The van der Waals surface area contributed by atoms with E-state index in [9.17, 15) is 0 Å². The van der Waals surface area contributed by atoms with Gasteiger partial charge in [0.25, 0.3) is 0 Å². The maximum Gasteiger partial charge on any atom is 0.476 e. The Labute approximate surface area is 86.1 Å². The third kappa shape index (κ3) is 2.03. The van der Waals surface area contributed by atoms with Crippen molar-refractivity contribution in [1.82, 2.24) is 0 Å². The Bertz CT molecular complexity index is 178. The van der Waals surface area contributed by atoms with Crippen LogP contribution in [0, 0.1) is 0 Å². The van der Waals surface area contributed by atoms with Crippen molar-refractivity contribution in [2.45, 2.75) is 57.5 Å². The summed E-state index contributed by atoms with van der Waals surface area (Å²) < 4.78 is 11.5. The Morgan fingerprint density at radius 3 is 1.85 bits per heavy atom. The topological polar surface area (TPSA) is 18.5 Å². The maximum atomic E-state index is 6.08. The summed E-state index contributed by atoms with van der Waals surface area (Å²) in [7, 11) is -0.267. The lowest BCUT2D eigenvalue weighted by Gasteiger charge is -2.32. The van der Waals surface area contributed by atoms with Crippen LogP contribution in [0.2, 0.25) is 0 Å². The van der Waals surface area contributed by atoms with Crippen molar-refractivity contribution in [3.63, 3.8) is 0 Å². The van der Waals surface area contributed by atoms with Crippen molar-refractivity contribution in [2.24, 2.45) is 0 Å². The SMILES string of the molecule is CC[C@@H](Cl)B1OC(C)(C)C(C)(C)O1. The molecule has 1 fully saturated rings. The van der Waals surface area contributed by atoms with Crippen molar-refractivity contribution in [3.8, 4) is 0 Å². The van der Waals surface area contributed by atoms with Crippen LogP contribution in [0.3, 0.4) is 0 Å². The van der Waals surface area contributed by atoms with E-state index in [1.807, 2.05) is 34.6 Å². The molecule has 1 aliphatic rings. The number of alkyl halides is 1. The minimum Gasteiger partial charge on any atom is -0.402 e. The van der Waals surface area contributed by atoms with Gasteiger partial charge >= 0.3 is 7.12 Å². The molecule has 1 atom stereocenters. The molecule has 0 spiro atoms. The molecule has 0 saturated carbocycles. The first-order chi connectivity index (χ1) is 5.80. The third-order valence-corrected chi connectivity index (χ3v) is 3.47. The average molecular weight is 205 g/mol. The number of rotatable bonds is 2. The van der Waals surface area contributed by atoms with E-state index in [0.29, 0.717) is 0 Å². The van der Waals surface area contributed by atoms with Gasteiger partial charge in [-0.05, 0) is 34.1 Å². The summed E-state index contributed by atoms with van der Waals surface area (Å²) in [6.07, 6.45) is 0.860. The standard InChI is InChI=1S/C9H18BClO2/c1-6-7(11)10-12-8(2,3)9(4,5)13-10/h7H,6H2,1-5H3/t7-/m1/s1. The van der Waals surface area contributed by atoms with Crippen LogP contribution in [0.4, 0.5) is 0 Å². The molecule has 1 aliphatic heterocycles. The fraction of sp³-hybridized carbons (Fsp3) is 1.00. The third-order valence-electron chi connectivity index (χ3n) is 2.96. The minimum absolute atomic E-state index is 0.0546. The molecule has 13 heavy (non-hydrogen) atoms. The van der Waals surface area contributed by atoms with Gasteiger partial charge in [0.15, 0.2) is 0 Å². The molecule has 1 saturated heterocycles. The van der Waals surface area contributed by atoms with Crippen LogP contribution < -0.4 is 0 Å². The molecule has 0 aromatic heterocycles. The fourth-order valence-corrected chi connectivity index (χ4v) is 1.33. The second kappa shape index (κ2) is 3.45. The van der Waals surface area contributed by atoms with E-state index in [0.717, 1.165) is 6.42 Å². The monoisotopic (exact) mass is 204 g/mol. The molecule has 0 N–H and O–H groups in total. The molecule has 1 rings (SSSR count). The Hall–Kier alpha value is 0.275. The van der Waals surface area contributed by atoms with Gasteiger partial charge < -0.3 is 9.31 Å². The van der Waals surface area contributed by atoms with Crippen LogP contribution in [0.15, 0.2) is 0 Å². The molecule has 0 bridgehead atoms. The Morgan fingerprint density at radius 2 is 1.54 bits per heavy atom. The average Bonchev–Trinajstić information content (AvgIpc) is 2.20. The number of halogens is 1. The van der Waals surface area contributed by atoms with E-state index in [1.54, 1.807) is 0 Å². The van der Waals surface area contributed by atoms with Gasteiger partial charge in [-0.25, -0.2) is 0 Å². The lowest BCUT2D eigenvalue weighted by Crippen LogP contribution is -2.41. The van der Waals surface area contributed by atoms with Crippen molar-refractivity contribution in [1.29, 1.82) is 0 Å². The summed E-state index contributed by atoms with van der Waals surface area (Å²) in [5, 5.41) is -0.0546. The van der Waals surface area contributed by atoms with E-state index in [1.165, 1.54) is 0 Å². The molecule has 0 radical (unpaired) electrons. The van der Waals surface area contributed by atoms with Gasteiger partial charge in [0, 0.05) is 0 Å². The summed E-state index contributed by atoms with van der Waals surface area (Å²) in [6, 6.07) is 0. The van der Waals surface area contributed by atoms with Crippen molar-refractivity contribution < 1.29 is 9.31 Å². The highest BCUT2D eigenvalue weighted by molar-refractivity contribution is 6.59. The lowest BCUT2D eigenvalue weighted by atomic mass is 9.83. The second-order valence-corrected chi connectivity index (χ2v) is 5.11. The molecule has 2 nitrogen and oxygen atoms in total. The summed E-state index contributed by atoms with van der Waals surface area (Å²) in [5.74, 6) is 0. The van der Waals surface area contributed by atoms with Gasteiger partial charge in [-0.3, -0.25) is 0 Å². The van der Waals surface area contributed by atoms with Gasteiger partial charge in [0.1, 0.15) is 0 Å². The van der Waals surface area contributed by atoms with E-state index in [4.69, 9.17) is 20.9 Å². The van der Waals surface area contributed by atoms with Crippen LogP contribution in [-0.4, -0.2) is 23.6 Å². The molecule has 76 valence electrons. The highest BCUT2D eigenvalue weighted by atomic mass is 35.5. The van der Waals surface area contributed by atoms with Crippen LogP contribution in [0.5, 0.6) is 0 Å². The highest BCUT2D eigenvalue weighted by Crippen LogP contribution is 2.38. The zero-order valence-corrected chi connectivity index (χ0v) is 9.81. The molecule has 0 aromatic rings.